The highest BCUT2D eigenvalue weighted by atomic mass is 16.3. The van der Waals surface area contributed by atoms with Gasteiger partial charge in [-0.05, 0) is 45.7 Å². The van der Waals surface area contributed by atoms with Crippen molar-refractivity contribution < 1.29 is 24.0 Å². The van der Waals surface area contributed by atoms with Gasteiger partial charge in [-0.25, -0.2) is 14.0 Å². The van der Waals surface area contributed by atoms with E-state index in [0.717, 1.165) is 45.6 Å². The van der Waals surface area contributed by atoms with Gasteiger partial charge in [0.15, 0.2) is 6.04 Å². The van der Waals surface area contributed by atoms with E-state index in [1.165, 1.54) is 4.90 Å². The molecule has 0 aliphatic carbocycles. The van der Waals surface area contributed by atoms with E-state index in [1.54, 1.807) is 18.1 Å². The van der Waals surface area contributed by atoms with E-state index in [-0.39, 0.29) is 42.2 Å². The molecule has 3 N–H and O–H groups in total. The van der Waals surface area contributed by atoms with Crippen LogP contribution in [-0.4, -0.2) is 88.8 Å². The number of aliphatic hydroxyl groups excluding tert-OH is 1. The molecule has 1 unspecified atom stereocenters. The number of para-hydroxylation sites is 1. The molecule has 12 heteroatoms. The lowest BCUT2D eigenvalue weighted by molar-refractivity contribution is -0.865. The quantitative estimate of drug-likeness (QED) is 0.136. The number of aliphatic hydroxyl groups is 1. The van der Waals surface area contributed by atoms with Gasteiger partial charge in [-0.15, -0.1) is 5.10 Å². The van der Waals surface area contributed by atoms with Crippen LogP contribution in [0.3, 0.4) is 0 Å². The van der Waals surface area contributed by atoms with Crippen LogP contribution in [0.2, 0.25) is 0 Å². The Bertz CT molecular complexity index is 2200. The molecule has 0 bridgehead atoms. The molecule has 1 fully saturated rings. The number of amides is 3. The van der Waals surface area contributed by atoms with Crippen molar-refractivity contribution >= 4 is 39.4 Å². The first-order chi connectivity index (χ1) is 25.2. The first-order valence-corrected chi connectivity index (χ1v) is 17.7. The van der Waals surface area contributed by atoms with E-state index in [0.29, 0.717) is 18.7 Å². The SMILES string of the molecule is C[N+](Cc1ccccc1)(C(=O)[C@@H]1C[C@@H](O)CN1C(=O)c1cn(CCCCn2cnnn2)c2ccccc12)[C@@H](Cc1ccc2ccccc2c1)C(N)=O. The maximum atomic E-state index is 15.1. The third-order valence-electron chi connectivity index (χ3n) is 10.4. The van der Waals surface area contributed by atoms with Crippen LogP contribution in [0.1, 0.15) is 40.7 Å². The molecule has 3 amide bonds. The number of aromatic nitrogens is 5. The van der Waals surface area contributed by atoms with E-state index in [1.807, 2.05) is 103 Å². The smallest absolute Gasteiger partial charge is 0.337 e. The van der Waals surface area contributed by atoms with Crippen molar-refractivity contribution in [3.63, 3.8) is 0 Å². The van der Waals surface area contributed by atoms with Gasteiger partial charge < -0.3 is 20.3 Å². The van der Waals surface area contributed by atoms with Crippen molar-refractivity contribution in [3.05, 3.63) is 126 Å². The Kier molecular flexibility index (Phi) is 9.92. The van der Waals surface area contributed by atoms with Crippen LogP contribution >= 0.6 is 0 Å². The fraction of sp³-hybridized carbons (Fsp3) is 0.300. The number of hydrogen-bond acceptors (Lipinski definition) is 7. The number of nitrogens with zero attached hydrogens (tertiary/aromatic N) is 7. The molecule has 1 aliphatic rings. The number of nitrogens with two attached hydrogens (primary N) is 1. The number of quaternary nitrogens is 1. The second kappa shape index (κ2) is 14.9. The summed E-state index contributed by atoms with van der Waals surface area (Å²) in [5.74, 6) is -1.29. The number of fused-ring (bicyclic) bond motifs is 2. The highest BCUT2D eigenvalue weighted by Crippen LogP contribution is 2.32. The number of carbonyl (C=O) groups excluding carboxylic acids is 3. The van der Waals surface area contributed by atoms with Crippen molar-refractivity contribution in [1.29, 1.82) is 0 Å². The fourth-order valence-electron chi connectivity index (χ4n) is 7.68. The van der Waals surface area contributed by atoms with Gasteiger partial charge in [-0.2, -0.15) is 0 Å². The van der Waals surface area contributed by atoms with Crippen LogP contribution in [0.25, 0.3) is 21.7 Å². The molecule has 266 valence electrons. The van der Waals surface area contributed by atoms with Gasteiger partial charge in [0.05, 0.1) is 18.7 Å². The number of carbonyl (C=O) groups is 3. The van der Waals surface area contributed by atoms with Gasteiger partial charge in [0, 0.05) is 55.1 Å². The second-order valence-electron chi connectivity index (χ2n) is 13.9. The average molecular weight is 700 g/mol. The molecule has 6 aromatic rings. The van der Waals surface area contributed by atoms with Gasteiger partial charge >= 0.3 is 5.91 Å². The molecule has 0 spiro atoms. The molecule has 4 atom stereocenters. The van der Waals surface area contributed by atoms with Crippen molar-refractivity contribution in [3.8, 4) is 0 Å². The number of primary amides is 1. The van der Waals surface area contributed by atoms with E-state index >= 15 is 4.79 Å². The Hall–Kier alpha value is -5.72. The Morgan fingerprint density at radius 2 is 1.63 bits per heavy atom. The van der Waals surface area contributed by atoms with Gasteiger partial charge in [-0.3, -0.25) is 9.59 Å². The number of aryl methyl sites for hydroxylation is 2. The van der Waals surface area contributed by atoms with E-state index < -0.39 is 24.1 Å². The summed E-state index contributed by atoms with van der Waals surface area (Å²) in [6.45, 7) is 1.53. The fourth-order valence-corrected chi connectivity index (χ4v) is 7.68. The van der Waals surface area contributed by atoms with E-state index in [4.69, 9.17) is 5.73 Å². The van der Waals surface area contributed by atoms with E-state index in [2.05, 4.69) is 20.1 Å². The molecular weight excluding hydrogens is 656 g/mol. The minimum Gasteiger partial charge on any atom is -0.391 e. The predicted octanol–water partition coefficient (Wildman–Crippen LogP) is 4.11. The Morgan fingerprint density at radius 3 is 2.40 bits per heavy atom. The standard InChI is InChI=1S/C40H42N8O4/c1-48(26-28-11-3-2-4-12-28,37(38(41)50)22-29-17-18-30-13-5-6-14-31(30)21-29)40(52)36-23-32(49)24-47(36)39(51)34-25-45(35-16-8-7-15-33(34)35)19-9-10-20-46-27-42-43-44-46/h2-8,11-18,21,25,27,32,36-37,49H,9-10,19-20,22-24,26H2,1H3,(H-,41,50)/p+1/t32-,36+,37+,48?/m1/s1. The average Bonchev–Trinajstić information content (AvgIpc) is 3.91. The van der Waals surface area contributed by atoms with Crippen molar-refractivity contribution in [1.82, 2.24) is 29.7 Å². The third-order valence-corrected chi connectivity index (χ3v) is 10.4. The second-order valence-corrected chi connectivity index (χ2v) is 13.9. The van der Waals surface area contributed by atoms with Crippen molar-refractivity contribution in [2.75, 3.05) is 13.6 Å². The molecule has 0 saturated carbocycles. The Morgan fingerprint density at radius 1 is 0.904 bits per heavy atom. The highest BCUT2D eigenvalue weighted by molar-refractivity contribution is 6.08. The molecule has 1 saturated heterocycles. The van der Waals surface area contributed by atoms with E-state index in [9.17, 15) is 14.7 Å². The largest absolute Gasteiger partial charge is 0.391 e. The lowest BCUT2D eigenvalue weighted by Gasteiger charge is -2.40. The monoisotopic (exact) mass is 699 g/mol. The first-order valence-electron chi connectivity index (χ1n) is 17.7. The summed E-state index contributed by atoms with van der Waals surface area (Å²) in [6.07, 6.45) is 4.48. The van der Waals surface area contributed by atoms with Crippen LogP contribution in [-0.2, 0) is 35.6 Å². The van der Waals surface area contributed by atoms with Crippen LogP contribution in [0.4, 0.5) is 0 Å². The minimum atomic E-state index is -0.979. The lowest BCUT2D eigenvalue weighted by atomic mass is 9.96. The van der Waals surface area contributed by atoms with Crippen molar-refractivity contribution in [2.45, 2.75) is 63.5 Å². The number of likely N-dealkylation sites (tertiary alicyclic amines) is 1. The summed E-state index contributed by atoms with van der Waals surface area (Å²) in [6, 6.07) is 29.3. The van der Waals surface area contributed by atoms with Crippen LogP contribution in [0.5, 0.6) is 0 Å². The van der Waals surface area contributed by atoms with Crippen LogP contribution in [0.15, 0.2) is 110 Å². The number of unbranched alkanes of at least 4 members (excludes halogenated alkanes) is 1. The topological polar surface area (TPSA) is 149 Å². The third kappa shape index (κ3) is 7.07. The molecule has 12 nitrogen and oxygen atoms in total. The Balaban J connectivity index is 1.20. The minimum absolute atomic E-state index is 0.00205. The normalized spacial score (nSPS) is 17.7. The van der Waals surface area contributed by atoms with Gasteiger partial charge in [0.2, 0.25) is 0 Å². The summed E-state index contributed by atoms with van der Waals surface area (Å²) in [4.78, 5) is 44.6. The molecule has 7 rings (SSSR count). The summed E-state index contributed by atoms with van der Waals surface area (Å²) >= 11 is 0. The van der Waals surface area contributed by atoms with Crippen molar-refractivity contribution in [2.24, 2.45) is 5.73 Å². The number of benzene rings is 4. The zero-order valence-electron chi connectivity index (χ0n) is 29.2. The van der Waals surface area contributed by atoms with Gasteiger partial charge in [0.1, 0.15) is 18.9 Å². The zero-order valence-corrected chi connectivity index (χ0v) is 29.2. The molecule has 52 heavy (non-hydrogen) atoms. The number of rotatable bonds is 13. The summed E-state index contributed by atoms with van der Waals surface area (Å²) in [7, 11) is 1.74. The summed E-state index contributed by atoms with van der Waals surface area (Å²) < 4.78 is 3.39. The highest BCUT2D eigenvalue weighted by Gasteiger charge is 2.52. The number of β-amino-alcohol motifs (C(OH)–C–C–N with tert-alkyl or cyclic N) is 1. The van der Waals surface area contributed by atoms with Crippen LogP contribution in [0, 0.1) is 0 Å². The maximum Gasteiger partial charge on any atom is 0.337 e. The molecule has 4 aromatic carbocycles. The summed E-state index contributed by atoms with van der Waals surface area (Å²) in [5, 5.41) is 25.2. The molecular formula is C40H43N8O4+. The number of hydrogen-bond donors (Lipinski definition) is 2. The van der Waals surface area contributed by atoms with Gasteiger partial charge in [-0.1, -0.05) is 91.0 Å². The lowest BCUT2D eigenvalue weighted by Crippen LogP contribution is -2.65. The van der Waals surface area contributed by atoms with Crippen LogP contribution < -0.4 is 5.73 Å². The molecule has 1 aliphatic heterocycles. The zero-order chi connectivity index (χ0) is 36.2. The molecule has 3 heterocycles. The summed E-state index contributed by atoms with van der Waals surface area (Å²) in [5.41, 5.74) is 9.27. The molecule has 0 radical (unpaired) electrons. The predicted molar refractivity (Wildman–Crippen MR) is 196 cm³/mol. The number of likely N-dealkylation sites (N-methyl/N-ethyl adjacent to an activating group) is 1. The first kappa shape index (κ1) is 34.7. The van der Waals surface area contributed by atoms with Gasteiger partial charge in [0.25, 0.3) is 11.8 Å². The Labute approximate surface area is 301 Å². The maximum absolute atomic E-state index is 15.1. The molecule has 2 aromatic heterocycles. The number of tetrazole rings is 1.